The standard InChI is InChI=1S/C22H24N2O4S/c1-15-12-18(23-21(25)13-16-6-3-4-7-16)10-11-20(15)24-22(26)17-8-5-9-19(14-17)29(2,27)28/h3,5-6,8-12,14,16H,4,7,13H2,1-2H3,(H,23,25)(H,24,26). The first kappa shape index (κ1) is 20.8. The Balaban J connectivity index is 1.66. The van der Waals surface area contributed by atoms with Crippen LogP contribution in [0.25, 0.3) is 0 Å². The molecule has 3 rings (SSSR count). The minimum atomic E-state index is -3.39. The summed E-state index contributed by atoms with van der Waals surface area (Å²) >= 11 is 0. The molecule has 7 heteroatoms. The maximum absolute atomic E-state index is 12.5. The number of carbonyl (C=O) groups excluding carboxylic acids is 2. The SMILES string of the molecule is Cc1cc(NC(=O)CC2C=CCC2)ccc1NC(=O)c1cccc(S(C)(=O)=O)c1. The summed E-state index contributed by atoms with van der Waals surface area (Å²) in [6.07, 6.45) is 7.79. The predicted molar refractivity (Wildman–Crippen MR) is 114 cm³/mol. The van der Waals surface area contributed by atoms with Gasteiger partial charge >= 0.3 is 0 Å². The summed E-state index contributed by atoms with van der Waals surface area (Å²) in [7, 11) is -3.39. The lowest BCUT2D eigenvalue weighted by Gasteiger charge is -2.13. The quantitative estimate of drug-likeness (QED) is 0.703. The summed E-state index contributed by atoms with van der Waals surface area (Å²) in [4.78, 5) is 24.8. The molecule has 0 saturated carbocycles. The third kappa shape index (κ3) is 5.54. The lowest BCUT2D eigenvalue weighted by Crippen LogP contribution is -2.16. The zero-order valence-corrected chi connectivity index (χ0v) is 17.3. The number of anilines is 2. The number of amides is 2. The molecule has 0 aromatic heterocycles. The van der Waals surface area contributed by atoms with E-state index in [0.717, 1.165) is 24.7 Å². The van der Waals surface area contributed by atoms with Gasteiger partial charge in [0.1, 0.15) is 0 Å². The summed E-state index contributed by atoms with van der Waals surface area (Å²) in [5, 5.41) is 5.68. The molecule has 29 heavy (non-hydrogen) atoms. The fourth-order valence-corrected chi connectivity index (χ4v) is 3.93. The molecule has 152 valence electrons. The van der Waals surface area contributed by atoms with Gasteiger partial charge in [-0.3, -0.25) is 9.59 Å². The van der Waals surface area contributed by atoms with Crippen molar-refractivity contribution in [3.8, 4) is 0 Å². The molecular formula is C22H24N2O4S. The lowest BCUT2D eigenvalue weighted by molar-refractivity contribution is -0.116. The monoisotopic (exact) mass is 412 g/mol. The smallest absolute Gasteiger partial charge is 0.255 e. The first-order valence-electron chi connectivity index (χ1n) is 9.41. The van der Waals surface area contributed by atoms with Crippen LogP contribution < -0.4 is 10.6 Å². The van der Waals surface area contributed by atoms with E-state index in [1.807, 2.05) is 6.92 Å². The fourth-order valence-electron chi connectivity index (χ4n) is 3.26. The zero-order chi connectivity index (χ0) is 21.0. The number of hydrogen-bond acceptors (Lipinski definition) is 4. The molecule has 1 atom stereocenters. The molecule has 0 heterocycles. The van der Waals surface area contributed by atoms with Crippen molar-refractivity contribution in [1.82, 2.24) is 0 Å². The van der Waals surface area contributed by atoms with Crippen LogP contribution in [0.15, 0.2) is 59.5 Å². The Morgan fingerprint density at radius 2 is 1.90 bits per heavy atom. The van der Waals surface area contributed by atoms with E-state index >= 15 is 0 Å². The van der Waals surface area contributed by atoms with E-state index in [1.54, 1.807) is 24.3 Å². The van der Waals surface area contributed by atoms with Gasteiger partial charge < -0.3 is 10.6 Å². The Labute approximate surface area is 170 Å². The van der Waals surface area contributed by atoms with Gasteiger partial charge in [0.05, 0.1) is 4.90 Å². The molecule has 6 nitrogen and oxygen atoms in total. The first-order valence-corrected chi connectivity index (χ1v) is 11.3. The number of rotatable bonds is 6. The molecule has 2 aromatic carbocycles. The number of benzene rings is 2. The molecule has 2 N–H and O–H groups in total. The van der Waals surface area contributed by atoms with Crippen molar-refractivity contribution in [2.24, 2.45) is 5.92 Å². The molecule has 2 amide bonds. The van der Waals surface area contributed by atoms with Crippen molar-refractivity contribution < 1.29 is 18.0 Å². The first-order chi connectivity index (χ1) is 13.7. The number of sulfone groups is 1. The summed E-state index contributed by atoms with van der Waals surface area (Å²) in [5.41, 5.74) is 2.31. The highest BCUT2D eigenvalue weighted by atomic mass is 32.2. The number of aryl methyl sites for hydroxylation is 1. The van der Waals surface area contributed by atoms with Crippen LogP contribution in [0.4, 0.5) is 11.4 Å². The van der Waals surface area contributed by atoms with Crippen LogP contribution in [0.5, 0.6) is 0 Å². The maximum Gasteiger partial charge on any atom is 0.255 e. The largest absolute Gasteiger partial charge is 0.326 e. The van der Waals surface area contributed by atoms with E-state index in [-0.39, 0.29) is 16.4 Å². The molecule has 0 saturated heterocycles. The molecule has 0 spiro atoms. The van der Waals surface area contributed by atoms with E-state index in [9.17, 15) is 18.0 Å². The van der Waals surface area contributed by atoms with Gasteiger partial charge in [0, 0.05) is 29.6 Å². The van der Waals surface area contributed by atoms with Gasteiger partial charge in [-0.05, 0) is 67.6 Å². The van der Waals surface area contributed by atoms with Crippen molar-refractivity contribution >= 4 is 33.0 Å². The highest BCUT2D eigenvalue weighted by Gasteiger charge is 2.15. The van der Waals surface area contributed by atoms with Crippen molar-refractivity contribution in [2.45, 2.75) is 31.1 Å². The maximum atomic E-state index is 12.5. The van der Waals surface area contributed by atoms with Crippen molar-refractivity contribution in [2.75, 3.05) is 16.9 Å². The Bertz CT molecular complexity index is 1070. The summed E-state index contributed by atoms with van der Waals surface area (Å²) in [6, 6.07) is 11.2. The summed E-state index contributed by atoms with van der Waals surface area (Å²) in [5.74, 6) is -0.129. The van der Waals surface area contributed by atoms with Crippen LogP contribution in [-0.4, -0.2) is 26.5 Å². The third-order valence-corrected chi connectivity index (χ3v) is 5.95. The average molecular weight is 413 g/mol. The molecule has 0 bridgehead atoms. The van der Waals surface area contributed by atoms with E-state index in [4.69, 9.17) is 0 Å². The van der Waals surface area contributed by atoms with Gasteiger partial charge in [-0.2, -0.15) is 0 Å². The Morgan fingerprint density at radius 1 is 1.10 bits per heavy atom. The van der Waals surface area contributed by atoms with Crippen LogP contribution in [0.3, 0.4) is 0 Å². The average Bonchev–Trinajstić information content (AvgIpc) is 3.16. The fraction of sp³-hybridized carbons (Fsp3) is 0.273. The van der Waals surface area contributed by atoms with Crippen LogP contribution in [-0.2, 0) is 14.6 Å². The van der Waals surface area contributed by atoms with Crippen molar-refractivity contribution in [1.29, 1.82) is 0 Å². The molecule has 0 aliphatic heterocycles. The second-order valence-electron chi connectivity index (χ2n) is 7.30. The van der Waals surface area contributed by atoms with Crippen LogP contribution >= 0.6 is 0 Å². The number of hydrogen-bond donors (Lipinski definition) is 2. The second-order valence-corrected chi connectivity index (χ2v) is 9.32. The normalized spacial score (nSPS) is 15.9. The molecule has 1 unspecified atom stereocenters. The lowest BCUT2D eigenvalue weighted by atomic mass is 10.0. The molecule has 2 aromatic rings. The van der Waals surface area contributed by atoms with Crippen LogP contribution in [0.1, 0.15) is 35.2 Å². The summed E-state index contributed by atoms with van der Waals surface area (Å²) < 4.78 is 23.4. The van der Waals surface area contributed by atoms with Crippen molar-refractivity contribution in [3.05, 3.63) is 65.7 Å². The Kier molecular flexibility index (Phi) is 6.17. The highest BCUT2D eigenvalue weighted by Crippen LogP contribution is 2.23. The molecule has 0 fully saturated rings. The topological polar surface area (TPSA) is 92.3 Å². The van der Waals surface area contributed by atoms with Crippen LogP contribution in [0.2, 0.25) is 0 Å². The van der Waals surface area contributed by atoms with Crippen LogP contribution in [0, 0.1) is 12.8 Å². The highest BCUT2D eigenvalue weighted by molar-refractivity contribution is 7.90. The van der Waals surface area contributed by atoms with Gasteiger partial charge in [0.15, 0.2) is 9.84 Å². The third-order valence-electron chi connectivity index (χ3n) is 4.84. The molecular weight excluding hydrogens is 388 g/mol. The van der Waals surface area contributed by atoms with E-state index in [2.05, 4.69) is 22.8 Å². The minimum Gasteiger partial charge on any atom is -0.326 e. The number of nitrogens with one attached hydrogen (secondary N) is 2. The summed E-state index contributed by atoms with van der Waals surface area (Å²) in [6.45, 7) is 1.83. The van der Waals surface area contributed by atoms with E-state index in [1.165, 1.54) is 18.2 Å². The van der Waals surface area contributed by atoms with Gasteiger partial charge in [0.2, 0.25) is 5.91 Å². The van der Waals surface area contributed by atoms with Gasteiger partial charge in [-0.25, -0.2) is 8.42 Å². The van der Waals surface area contributed by atoms with E-state index in [0.29, 0.717) is 23.7 Å². The zero-order valence-electron chi connectivity index (χ0n) is 16.4. The predicted octanol–water partition coefficient (Wildman–Crippen LogP) is 3.95. The second kappa shape index (κ2) is 8.61. The van der Waals surface area contributed by atoms with Gasteiger partial charge in [-0.1, -0.05) is 18.2 Å². The van der Waals surface area contributed by atoms with Gasteiger partial charge in [-0.15, -0.1) is 0 Å². The number of allylic oxidation sites excluding steroid dienone is 2. The molecule has 1 aliphatic carbocycles. The Hall–Kier alpha value is -2.93. The number of carbonyl (C=O) groups is 2. The van der Waals surface area contributed by atoms with E-state index < -0.39 is 15.7 Å². The molecule has 0 radical (unpaired) electrons. The Morgan fingerprint density at radius 3 is 2.55 bits per heavy atom. The van der Waals surface area contributed by atoms with Gasteiger partial charge in [0.25, 0.3) is 5.91 Å². The minimum absolute atomic E-state index is 0.0321. The molecule has 1 aliphatic rings. The van der Waals surface area contributed by atoms with Crippen molar-refractivity contribution in [3.63, 3.8) is 0 Å².